The first kappa shape index (κ1) is 13.5. The summed E-state index contributed by atoms with van der Waals surface area (Å²) in [6.45, 7) is 3.37. The Kier molecular flexibility index (Phi) is 4.02. The molecular weight excluding hydrogens is 285 g/mol. The summed E-state index contributed by atoms with van der Waals surface area (Å²) in [5.41, 5.74) is -0.0242. The Morgan fingerprint density at radius 2 is 1.81 bits per heavy atom. The molecular formula is C11H12BrF3O. The van der Waals surface area contributed by atoms with Gasteiger partial charge in [-0.3, -0.25) is 0 Å². The van der Waals surface area contributed by atoms with E-state index in [1.54, 1.807) is 13.8 Å². The van der Waals surface area contributed by atoms with Crippen molar-refractivity contribution in [2.24, 2.45) is 0 Å². The molecule has 0 aliphatic carbocycles. The summed E-state index contributed by atoms with van der Waals surface area (Å²) in [5.74, 6) is -0.211. The monoisotopic (exact) mass is 296 g/mol. The molecule has 1 rings (SSSR count). The number of hydrogen-bond donors (Lipinski definition) is 1. The summed E-state index contributed by atoms with van der Waals surface area (Å²) in [5, 5.41) is 9.38. The van der Waals surface area contributed by atoms with Crippen molar-refractivity contribution in [3.8, 4) is 0 Å². The predicted octanol–water partition coefficient (Wildman–Crippen LogP) is 3.95. The van der Waals surface area contributed by atoms with Gasteiger partial charge in [-0.25, -0.2) is 0 Å². The van der Waals surface area contributed by atoms with E-state index in [1.165, 1.54) is 6.07 Å². The first-order valence-electron chi connectivity index (χ1n) is 4.78. The van der Waals surface area contributed by atoms with Gasteiger partial charge < -0.3 is 5.11 Å². The Morgan fingerprint density at radius 3 is 2.19 bits per heavy atom. The quantitative estimate of drug-likeness (QED) is 0.876. The Labute approximate surface area is 100 Å². The topological polar surface area (TPSA) is 20.2 Å². The van der Waals surface area contributed by atoms with E-state index in [9.17, 15) is 18.3 Å². The van der Waals surface area contributed by atoms with Crippen LogP contribution in [-0.2, 0) is 6.18 Å². The Balaban J connectivity index is 3.10. The number of aliphatic hydroxyl groups is 1. The first-order valence-corrected chi connectivity index (χ1v) is 5.57. The van der Waals surface area contributed by atoms with Gasteiger partial charge in [0, 0.05) is 10.4 Å². The molecule has 0 saturated heterocycles. The number of aliphatic hydroxyl groups excluding tert-OH is 1. The van der Waals surface area contributed by atoms with Gasteiger partial charge in [-0.1, -0.05) is 28.9 Å². The molecule has 90 valence electrons. The average molecular weight is 297 g/mol. The Bertz CT molecular complexity index is 374. The highest BCUT2D eigenvalue weighted by atomic mass is 79.9. The van der Waals surface area contributed by atoms with Crippen LogP contribution in [0.25, 0.3) is 0 Å². The maximum absolute atomic E-state index is 12.4. The van der Waals surface area contributed by atoms with Crippen LogP contribution in [0, 0.1) is 0 Å². The summed E-state index contributed by atoms with van der Waals surface area (Å²) in [4.78, 5) is 0. The van der Waals surface area contributed by atoms with Gasteiger partial charge in [0.25, 0.3) is 0 Å². The van der Waals surface area contributed by atoms with Crippen molar-refractivity contribution in [1.29, 1.82) is 0 Å². The average Bonchev–Trinajstić information content (AvgIpc) is 2.15. The van der Waals surface area contributed by atoms with Gasteiger partial charge in [-0.05, 0) is 24.6 Å². The minimum atomic E-state index is -4.34. The van der Waals surface area contributed by atoms with Crippen LogP contribution in [0.3, 0.4) is 0 Å². The third-order valence-electron chi connectivity index (χ3n) is 2.54. The minimum absolute atomic E-state index is 0.211. The second-order valence-electron chi connectivity index (χ2n) is 3.76. The van der Waals surface area contributed by atoms with Crippen molar-refractivity contribution in [2.75, 3.05) is 0 Å². The molecule has 0 fully saturated rings. The second kappa shape index (κ2) is 4.75. The lowest BCUT2D eigenvalue weighted by Crippen LogP contribution is -2.12. The molecule has 16 heavy (non-hydrogen) atoms. The van der Waals surface area contributed by atoms with Gasteiger partial charge in [0.15, 0.2) is 0 Å². The lowest BCUT2D eigenvalue weighted by molar-refractivity contribution is -0.137. The third-order valence-corrected chi connectivity index (χ3v) is 3.23. The number of alkyl halides is 3. The largest absolute Gasteiger partial charge is 0.416 e. The fraction of sp³-hybridized carbons (Fsp3) is 0.455. The molecule has 0 aliphatic heterocycles. The van der Waals surface area contributed by atoms with Gasteiger partial charge in [0.1, 0.15) is 0 Å². The summed E-state index contributed by atoms with van der Waals surface area (Å²) in [6, 6.07) is 3.46. The molecule has 1 aromatic carbocycles. The molecule has 1 aromatic rings. The van der Waals surface area contributed by atoms with E-state index in [4.69, 9.17) is 0 Å². The van der Waals surface area contributed by atoms with Crippen molar-refractivity contribution in [1.82, 2.24) is 0 Å². The molecule has 0 spiro atoms. The maximum Gasteiger partial charge on any atom is 0.416 e. The normalized spacial score (nSPS) is 15.9. The zero-order chi connectivity index (χ0) is 12.5. The standard InChI is InChI=1S/C11H12BrF3O/c1-6(7(2)16)9-4-3-8(5-10(9)12)11(13,14)15/h3-7,16H,1-2H3. The summed E-state index contributed by atoms with van der Waals surface area (Å²) < 4.78 is 37.5. The summed E-state index contributed by atoms with van der Waals surface area (Å²) in [6.07, 6.45) is -4.94. The predicted molar refractivity (Wildman–Crippen MR) is 59.2 cm³/mol. The van der Waals surface area contributed by atoms with Crippen LogP contribution in [0.15, 0.2) is 22.7 Å². The molecule has 1 N–H and O–H groups in total. The minimum Gasteiger partial charge on any atom is -0.393 e. The van der Waals surface area contributed by atoms with Gasteiger partial charge in [0.2, 0.25) is 0 Å². The maximum atomic E-state index is 12.4. The van der Waals surface area contributed by atoms with E-state index in [0.717, 1.165) is 12.1 Å². The summed E-state index contributed by atoms with van der Waals surface area (Å²) in [7, 11) is 0. The molecule has 1 nitrogen and oxygen atoms in total. The SMILES string of the molecule is CC(O)C(C)c1ccc(C(F)(F)F)cc1Br. The Hall–Kier alpha value is -0.550. The number of halogens is 4. The van der Waals surface area contributed by atoms with Crippen LogP contribution >= 0.6 is 15.9 Å². The number of hydrogen-bond acceptors (Lipinski definition) is 1. The van der Waals surface area contributed by atoms with Crippen LogP contribution in [0.1, 0.15) is 30.9 Å². The highest BCUT2D eigenvalue weighted by Crippen LogP contribution is 2.34. The number of benzene rings is 1. The van der Waals surface area contributed by atoms with E-state index >= 15 is 0 Å². The van der Waals surface area contributed by atoms with E-state index in [-0.39, 0.29) is 5.92 Å². The molecule has 0 amide bonds. The van der Waals surface area contributed by atoms with Crippen LogP contribution in [0.5, 0.6) is 0 Å². The van der Waals surface area contributed by atoms with Crippen LogP contribution in [0.2, 0.25) is 0 Å². The van der Waals surface area contributed by atoms with Crippen molar-refractivity contribution < 1.29 is 18.3 Å². The van der Waals surface area contributed by atoms with Crippen molar-refractivity contribution >= 4 is 15.9 Å². The van der Waals surface area contributed by atoms with Crippen LogP contribution in [0.4, 0.5) is 13.2 Å². The second-order valence-corrected chi connectivity index (χ2v) is 4.62. The molecule has 5 heteroatoms. The van der Waals surface area contributed by atoms with Crippen molar-refractivity contribution in [2.45, 2.75) is 32.0 Å². The van der Waals surface area contributed by atoms with Crippen LogP contribution in [-0.4, -0.2) is 11.2 Å². The molecule has 0 aliphatic rings. The van der Waals surface area contributed by atoms with E-state index in [0.29, 0.717) is 10.0 Å². The van der Waals surface area contributed by atoms with Crippen LogP contribution < -0.4 is 0 Å². The lowest BCUT2D eigenvalue weighted by Gasteiger charge is -2.18. The first-order chi connectivity index (χ1) is 7.23. The highest BCUT2D eigenvalue weighted by Gasteiger charge is 2.31. The smallest absolute Gasteiger partial charge is 0.393 e. The molecule has 0 radical (unpaired) electrons. The molecule has 2 unspecified atom stereocenters. The number of rotatable bonds is 2. The molecule has 2 atom stereocenters. The molecule has 0 bridgehead atoms. The van der Waals surface area contributed by atoms with Gasteiger partial charge in [-0.15, -0.1) is 0 Å². The third kappa shape index (κ3) is 2.98. The van der Waals surface area contributed by atoms with Gasteiger partial charge in [0.05, 0.1) is 11.7 Å². The lowest BCUT2D eigenvalue weighted by atomic mass is 9.95. The fourth-order valence-corrected chi connectivity index (χ4v) is 2.07. The van der Waals surface area contributed by atoms with E-state index in [1.807, 2.05) is 0 Å². The summed E-state index contributed by atoms with van der Waals surface area (Å²) >= 11 is 3.10. The molecule has 0 saturated carbocycles. The van der Waals surface area contributed by atoms with Crippen molar-refractivity contribution in [3.63, 3.8) is 0 Å². The van der Waals surface area contributed by atoms with E-state index < -0.39 is 17.8 Å². The molecule has 0 heterocycles. The van der Waals surface area contributed by atoms with Gasteiger partial charge >= 0.3 is 6.18 Å². The Morgan fingerprint density at radius 1 is 1.25 bits per heavy atom. The van der Waals surface area contributed by atoms with Crippen molar-refractivity contribution in [3.05, 3.63) is 33.8 Å². The highest BCUT2D eigenvalue weighted by molar-refractivity contribution is 9.10. The zero-order valence-electron chi connectivity index (χ0n) is 8.85. The fourth-order valence-electron chi connectivity index (χ4n) is 1.33. The van der Waals surface area contributed by atoms with E-state index in [2.05, 4.69) is 15.9 Å². The van der Waals surface area contributed by atoms with Gasteiger partial charge in [-0.2, -0.15) is 13.2 Å². The molecule has 0 aromatic heterocycles. The zero-order valence-corrected chi connectivity index (χ0v) is 10.4.